The lowest BCUT2D eigenvalue weighted by molar-refractivity contribution is 0.0728. The maximum absolute atomic E-state index is 12.6. The van der Waals surface area contributed by atoms with Crippen LogP contribution in [0.4, 0.5) is 0 Å². The second-order valence-corrected chi connectivity index (χ2v) is 6.47. The highest BCUT2D eigenvalue weighted by atomic mass is 32.1. The van der Waals surface area contributed by atoms with Gasteiger partial charge in [-0.25, -0.2) is 0 Å². The van der Waals surface area contributed by atoms with Crippen LogP contribution in [0, 0.1) is 10.7 Å². The van der Waals surface area contributed by atoms with E-state index in [9.17, 15) is 9.59 Å². The molecule has 2 N–H and O–H groups in total. The van der Waals surface area contributed by atoms with Crippen molar-refractivity contribution in [3.63, 3.8) is 0 Å². The van der Waals surface area contributed by atoms with Crippen LogP contribution in [0.25, 0.3) is 10.9 Å². The van der Waals surface area contributed by atoms with E-state index in [0.29, 0.717) is 22.4 Å². The Morgan fingerprint density at radius 1 is 1.27 bits per heavy atom. The van der Waals surface area contributed by atoms with Crippen LogP contribution in [-0.2, 0) is 0 Å². The maximum Gasteiger partial charge on any atom is 0.259 e. The average molecular weight is 319 g/mol. The predicted molar refractivity (Wildman–Crippen MR) is 90.8 cm³/mol. The van der Waals surface area contributed by atoms with Gasteiger partial charge in [-0.2, -0.15) is 0 Å². The zero-order valence-corrected chi connectivity index (χ0v) is 14.1. The van der Waals surface area contributed by atoms with Crippen molar-refractivity contribution in [2.24, 2.45) is 5.92 Å². The molecule has 0 radical (unpaired) electrons. The standard InChI is InChI=1S/C16H21N3O2S/c1-9(2)7-10(3)19(4)15(21)11-5-6-12-13(8-11)17-16(22)18-14(12)20/h5-6,8-10H,7H2,1-4H3,(H2,17,18,20,22)/t10-/m1/s1. The Morgan fingerprint density at radius 2 is 1.95 bits per heavy atom. The van der Waals surface area contributed by atoms with Gasteiger partial charge in [-0.05, 0) is 49.7 Å². The van der Waals surface area contributed by atoms with Gasteiger partial charge in [0, 0.05) is 18.7 Å². The first-order valence-corrected chi connectivity index (χ1v) is 7.74. The summed E-state index contributed by atoms with van der Waals surface area (Å²) in [5.41, 5.74) is 0.866. The quantitative estimate of drug-likeness (QED) is 0.851. The highest BCUT2D eigenvalue weighted by molar-refractivity contribution is 7.71. The SMILES string of the molecule is CC(C)C[C@@H](C)N(C)C(=O)c1ccc2c(=O)[nH]c(=S)[nH]c2c1. The third-order valence-electron chi connectivity index (χ3n) is 3.78. The van der Waals surface area contributed by atoms with Gasteiger partial charge in [0.05, 0.1) is 10.9 Å². The number of aromatic nitrogens is 2. The van der Waals surface area contributed by atoms with E-state index in [4.69, 9.17) is 12.2 Å². The molecule has 5 nitrogen and oxygen atoms in total. The van der Waals surface area contributed by atoms with E-state index in [-0.39, 0.29) is 22.3 Å². The van der Waals surface area contributed by atoms with Crippen LogP contribution in [0.2, 0.25) is 0 Å². The van der Waals surface area contributed by atoms with Crippen molar-refractivity contribution in [3.05, 3.63) is 38.9 Å². The minimum absolute atomic E-state index is 0.0605. The van der Waals surface area contributed by atoms with Crippen LogP contribution < -0.4 is 5.56 Å². The number of hydrogen-bond acceptors (Lipinski definition) is 3. The largest absolute Gasteiger partial charge is 0.339 e. The summed E-state index contributed by atoms with van der Waals surface area (Å²) in [7, 11) is 1.81. The van der Waals surface area contributed by atoms with E-state index < -0.39 is 0 Å². The topological polar surface area (TPSA) is 69.0 Å². The van der Waals surface area contributed by atoms with Crippen molar-refractivity contribution in [1.29, 1.82) is 0 Å². The number of rotatable bonds is 4. The zero-order valence-electron chi connectivity index (χ0n) is 13.3. The number of nitrogens with zero attached hydrogens (tertiary/aromatic N) is 1. The Morgan fingerprint density at radius 3 is 2.59 bits per heavy atom. The molecule has 1 heterocycles. The van der Waals surface area contributed by atoms with E-state index in [2.05, 4.69) is 23.8 Å². The Hall–Kier alpha value is -1.95. The molecule has 1 aromatic heterocycles. The van der Waals surface area contributed by atoms with Crippen molar-refractivity contribution in [2.45, 2.75) is 33.2 Å². The molecule has 0 aliphatic rings. The number of H-pyrrole nitrogens is 2. The monoisotopic (exact) mass is 319 g/mol. The summed E-state index contributed by atoms with van der Waals surface area (Å²) in [5.74, 6) is 0.464. The van der Waals surface area contributed by atoms with Gasteiger partial charge in [0.2, 0.25) is 0 Å². The number of nitrogens with one attached hydrogen (secondary N) is 2. The Kier molecular flexibility index (Phi) is 4.81. The molecule has 118 valence electrons. The third-order valence-corrected chi connectivity index (χ3v) is 3.98. The summed E-state index contributed by atoms with van der Waals surface area (Å²) in [6.45, 7) is 6.31. The van der Waals surface area contributed by atoms with Crippen LogP contribution in [0.1, 0.15) is 37.6 Å². The number of hydrogen-bond donors (Lipinski definition) is 2. The lowest BCUT2D eigenvalue weighted by atomic mass is 10.0. The van der Waals surface area contributed by atoms with E-state index >= 15 is 0 Å². The first-order valence-electron chi connectivity index (χ1n) is 7.33. The van der Waals surface area contributed by atoms with Gasteiger partial charge in [-0.15, -0.1) is 0 Å². The molecule has 1 atom stereocenters. The molecule has 2 aromatic rings. The molecule has 0 spiro atoms. The Balaban J connectivity index is 2.36. The van der Waals surface area contributed by atoms with Crippen LogP contribution >= 0.6 is 12.2 Å². The van der Waals surface area contributed by atoms with Gasteiger partial charge in [-0.1, -0.05) is 13.8 Å². The van der Waals surface area contributed by atoms with Crippen LogP contribution in [0.15, 0.2) is 23.0 Å². The molecule has 22 heavy (non-hydrogen) atoms. The summed E-state index contributed by atoms with van der Waals surface area (Å²) in [6.07, 6.45) is 0.942. The number of carbonyl (C=O) groups excluding carboxylic acids is 1. The molecule has 1 amide bonds. The van der Waals surface area contributed by atoms with Crippen LogP contribution in [0.3, 0.4) is 0 Å². The van der Waals surface area contributed by atoms with Crippen molar-refractivity contribution < 1.29 is 4.79 Å². The molecule has 0 aliphatic heterocycles. The Labute approximate surface area is 134 Å². The number of fused-ring (bicyclic) bond motifs is 1. The van der Waals surface area contributed by atoms with E-state index in [1.54, 1.807) is 30.1 Å². The number of amides is 1. The second kappa shape index (κ2) is 6.44. The molecule has 2 rings (SSSR count). The molecule has 6 heteroatoms. The summed E-state index contributed by atoms with van der Waals surface area (Å²) in [4.78, 5) is 31.6. The fourth-order valence-corrected chi connectivity index (χ4v) is 2.75. The lowest BCUT2D eigenvalue weighted by Gasteiger charge is -2.26. The first kappa shape index (κ1) is 16.4. The fourth-order valence-electron chi connectivity index (χ4n) is 2.55. The molecule has 0 fully saturated rings. The minimum Gasteiger partial charge on any atom is -0.339 e. The number of aromatic amines is 2. The molecule has 0 aliphatic carbocycles. The minimum atomic E-state index is -0.251. The van der Waals surface area contributed by atoms with Crippen LogP contribution in [-0.4, -0.2) is 33.9 Å². The van der Waals surface area contributed by atoms with Crippen molar-refractivity contribution in [2.75, 3.05) is 7.05 Å². The summed E-state index contributed by atoms with van der Waals surface area (Å²) in [5, 5.41) is 0.489. The van der Waals surface area contributed by atoms with E-state index in [1.807, 2.05) is 6.92 Å². The van der Waals surface area contributed by atoms with Gasteiger partial charge in [-0.3, -0.25) is 14.6 Å². The van der Waals surface area contributed by atoms with E-state index in [1.165, 1.54) is 0 Å². The zero-order chi connectivity index (χ0) is 16.4. The Bertz CT molecular complexity index is 807. The van der Waals surface area contributed by atoms with Gasteiger partial charge in [0.1, 0.15) is 0 Å². The first-order chi connectivity index (χ1) is 10.3. The molecule has 1 aromatic carbocycles. The van der Waals surface area contributed by atoms with Crippen molar-refractivity contribution in [3.8, 4) is 0 Å². The van der Waals surface area contributed by atoms with Gasteiger partial charge in [0.15, 0.2) is 4.77 Å². The molecule has 0 saturated heterocycles. The molecular formula is C16H21N3O2S. The number of benzene rings is 1. The molecular weight excluding hydrogens is 298 g/mol. The maximum atomic E-state index is 12.6. The predicted octanol–water partition coefficient (Wildman–Crippen LogP) is 3.09. The van der Waals surface area contributed by atoms with Gasteiger partial charge in [0.25, 0.3) is 11.5 Å². The summed E-state index contributed by atoms with van der Waals surface area (Å²) < 4.78 is 0.253. The second-order valence-electron chi connectivity index (χ2n) is 6.06. The molecule has 0 unspecified atom stereocenters. The summed E-state index contributed by atoms with van der Waals surface area (Å²) in [6, 6.07) is 5.16. The smallest absolute Gasteiger partial charge is 0.259 e. The van der Waals surface area contributed by atoms with Gasteiger partial charge < -0.3 is 9.88 Å². The van der Waals surface area contributed by atoms with E-state index in [0.717, 1.165) is 6.42 Å². The molecule has 0 saturated carbocycles. The average Bonchev–Trinajstić information content (AvgIpc) is 2.44. The van der Waals surface area contributed by atoms with Gasteiger partial charge >= 0.3 is 0 Å². The number of carbonyl (C=O) groups is 1. The van der Waals surface area contributed by atoms with Crippen molar-refractivity contribution >= 4 is 29.0 Å². The summed E-state index contributed by atoms with van der Waals surface area (Å²) >= 11 is 4.97. The lowest BCUT2D eigenvalue weighted by Crippen LogP contribution is -2.35. The fraction of sp³-hybridized carbons (Fsp3) is 0.438. The highest BCUT2D eigenvalue weighted by Crippen LogP contribution is 2.15. The third kappa shape index (κ3) is 3.44. The molecule has 0 bridgehead atoms. The van der Waals surface area contributed by atoms with Crippen LogP contribution in [0.5, 0.6) is 0 Å². The highest BCUT2D eigenvalue weighted by Gasteiger charge is 2.18. The normalized spacial score (nSPS) is 12.6. The van der Waals surface area contributed by atoms with Crippen molar-refractivity contribution in [1.82, 2.24) is 14.9 Å².